The molecule has 0 saturated carbocycles. The Balaban J connectivity index is 1.50. The zero-order valence-electron chi connectivity index (χ0n) is 11.8. The van der Waals surface area contributed by atoms with Crippen molar-refractivity contribution in [3.05, 3.63) is 0 Å². The second kappa shape index (κ2) is 5.67. The molecule has 0 radical (unpaired) electrons. The van der Waals surface area contributed by atoms with Gasteiger partial charge < -0.3 is 15.5 Å². The molecule has 0 bridgehead atoms. The molecular weight excluding hydrogens is 240 g/mol. The summed E-state index contributed by atoms with van der Waals surface area (Å²) >= 11 is 0. The van der Waals surface area contributed by atoms with Gasteiger partial charge in [0.1, 0.15) is 0 Å². The highest BCUT2D eigenvalue weighted by Gasteiger charge is 2.34. The molecule has 0 aromatic carbocycles. The van der Waals surface area contributed by atoms with Crippen LogP contribution < -0.4 is 5.73 Å². The Labute approximate surface area is 115 Å². The topological polar surface area (TPSA) is 52.8 Å². The number of carbonyl (C=O) groups is 1. The van der Waals surface area contributed by atoms with Gasteiger partial charge in [0.2, 0.25) is 0 Å². The first-order chi connectivity index (χ1) is 9.24. The van der Waals surface area contributed by atoms with Crippen molar-refractivity contribution in [3.63, 3.8) is 0 Å². The third kappa shape index (κ3) is 2.87. The van der Waals surface area contributed by atoms with Crippen molar-refractivity contribution in [2.75, 3.05) is 39.3 Å². The van der Waals surface area contributed by atoms with Crippen molar-refractivity contribution >= 4 is 6.03 Å². The molecule has 0 spiro atoms. The van der Waals surface area contributed by atoms with Gasteiger partial charge in [-0.3, -0.25) is 4.90 Å². The SMILES string of the molecule is NC1CCN(C2CCN(C(=O)N3CCCC3)C2)CC1. The van der Waals surface area contributed by atoms with Crippen LogP contribution in [0.25, 0.3) is 0 Å². The average Bonchev–Trinajstić information content (AvgIpc) is 3.10. The Kier molecular flexibility index (Phi) is 3.93. The number of urea groups is 1. The summed E-state index contributed by atoms with van der Waals surface area (Å²) in [6.07, 6.45) is 5.70. The van der Waals surface area contributed by atoms with Crippen LogP contribution in [-0.2, 0) is 0 Å². The molecule has 3 aliphatic rings. The van der Waals surface area contributed by atoms with Crippen molar-refractivity contribution in [2.45, 2.75) is 44.2 Å². The van der Waals surface area contributed by atoms with Crippen LogP contribution in [0.4, 0.5) is 4.79 Å². The van der Waals surface area contributed by atoms with Gasteiger partial charge in [0.05, 0.1) is 0 Å². The fraction of sp³-hybridized carbons (Fsp3) is 0.929. The molecule has 3 saturated heterocycles. The summed E-state index contributed by atoms with van der Waals surface area (Å²) < 4.78 is 0. The van der Waals surface area contributed by atoms with E-state index in [0.29, 0.717) is 12.1 Å². The number of nitrogens with two attached hydrogens (primary N) is 1. The molecular formula is C14H26N4O. The molecule has 3 aliphatic heterocycles. The van der Waals surface area contributed by atoms with Crippen LogP contribution in [0.5, 0.6) is 0 Å². The number of hydrogen-bond donors (Lipinski definition) is 1. The smallest absolute Gasteiger partial charge is 0.320 e. The summed E-state index contributed by atoms with van der Waals surface area (Å²) in [5, 5.41) is 0. The Morgan fingerprint density at radius 1 is 0.895 bits per heavy atom. The highest BCUT2D eigenvalue weighted by molar-refractivity contribution is 5.75. The molecule has 3 fully saturated rings. The maximum absolute atomic E-state index is 12.3. The molecule has 2 amide bonds. The number of hydrogen-bond acceptors (Lipinski definition) is 3. The minimum Gasteiger partial charge on any atom is -0.328 e. The Morgan fingerprint density at radius 2 is 1.58 bits per heavy atom. The molecule has 0 aromatic rings. The maximum atomic E-state index is 12.3. The number of carbonyl (C=O) groups excluding carboxylic acids is 1. The fourth-order valence-corrected chi connectivity index (χ4v) is 3.61. The fourth-order valence-electron chi connectivity index (χ4n) is 3.61. The Hall–Kier alpha value is -0.810. The lowest BCUT2D eigenvalue weighted by Crippen LogP contribution is -2.47. The summed E-state index contributed by atoms with van der Waals surface area (Å²) in [4.78, 5) is 19.0. The largest absolute Gasteiger partial charge is 0.328 e. The predicted molar refractivity (Wildman–Crippen MR) is 75.0 cm³/mol. The second-order valence-electron chi connectivity index (χ2n) is 6.24. The summed E-state index contributed by atoms with van der Waals surface area (Å²) in [6, 6.07) is 1.23. The van der Waals surface area contributed by atoms with Crippen molar-refractivity contribution in [1.29, 1.82) is 0 Å². The van der Waals surface area contributed by atoms with Crippen LogP contribution in [0, 0.1) is 0 Å². The van der Waals surface area contributed by atoms with Crippen LogP contribution in [0.2, 0.25) is 0 Å². The third-order valence-corrected chi connectivity index (χ3v) is 4.90. The quantitative estimate of drug-likeness (QED) is 0.760. The zero-order valence-corrected chi connectivity index (χ0v) is 11.8. The highest BCUT2D eigenvalue weighted by atomic mass is 16.2. The van der Waals surface area contributed by atoms with E-state index in [2.05, 4.69) is 9.80 Å². The first-order valence-corrected chi connectivity index (χ1v) is 7.77. The average molecular weight is 266 g/mol. The van der Waals surface area contributed by atoms with Gasteiger partial charge >= 0.3 is 6.03 Å². The van der Waals surface area contributed by atoms with Crippen LogP contribution in [0.3, 0.4) is 0 Å². The monoisotopic (exact) mass is 266 g/mol. The van der Waals surface area contributed by atoms with E-state index < -0.39 is 0 Å². The van der Waals surface area contributed by atoms with E-state index in [1.165, 1.54) is 12.8 Å². The normalized spacial score (nSPS) is 30.3. The zero-order chi connectivity index (χ0) is 13.2. The van der Waals surface area contributed by atoms with Crippen LogP contribution >= 0.6 is 0 Å². The molecule has 19 heavy (non-hydrogen) atoms. The molecule has 1 unspecified atom stereocenters. The molecule has 3 heterocycles. The van der Waals surface area contributed by atoms with E-state index in [9.17, 15) is 4.79 Å². The van der Waals surface area contributed by atoms with Gasteiger partial charge in [-0.1, -0.05) is 0 Å². The lowest BCUT2D eigenvalue weighted by atomic mass is 10.0. The summed E-state index contributed by atoms with van der Waals surface area (Å²) in [7, 11) is 0. The van der Waals surface area contributed by atoms with Gasteiger partial charge in [0.15, 0.2) is 0 Å². The highest BCUT2D eigenvalue weighted by Crippen LogP contribution is 2.22. The number of amides is 2. The van der Waals surface area contributed by atoms with Crippen molar-refractivity contribution < 1.29 is 4.79 Å². The van der Waals surface area contributed by atoms with Crippen LogP contribution in [0.1, 0.15) is 32.1 Å². The van der Waals surface area contributed by atoms with Gasteiger partial charge in [-0.15, -0.1) is 0 Å². The molecule has 5 heteroatoms. The first-order valence-electron chi connectivity index (χ1n) is 7.77. The first kappa shape index (κ1) is 13.2. The molecule has 5 nitrogen and oxygen atoms in total. The molecule has 1 atom stereocenters. The van der Waals surface area contributed by atoms with Crippen LogP contribution in [-0.4, -0.2) is 72.1 Å². The predicted octanol–water partition coefficient (Wildman–Crippen LogP) is 0.700. The number of rotatable bonds is 1. The van der Waals surface area contributed by atoms with E-state index in [1.807, 2.05) is 4.90 Å². The molecule has 3 rings (SSSR count). The lowest BCUT2D eigenvalue weighted by molar-refractivity contribution is 0.144. The Bertz CT molecular complexity index is 321. The van der Waals surface area contributed by atoms with E-state index in [4.69, 9.17) is 5.73 Å². The van der Waals surface area contributed by atoms with Gasteiger partial charge in [-0.2, -0.15) is 0 Å². The summed E-state index contributed by atoms with van der Waals surface area (Å²) in [5.41, 5.74) is 5.96. The number of piperidine rings is 1. The molecule has 2 N–H and O–H groups in total. The lowest BCUT2D eigenvalue weighted by Gasteiger charge is -2.34. The standard InChI is InChI=1S/C14H26N4O/c15-12-3-8-16(9-4-12)13-5-10-18(11-13)14(19)17-6-1-2-7-17/h12-13H,1-11,15H2. The Morgan fingerprint density at radius 3 is 2.26 bits per heavy atom. The third-order valence-electron chi connectivity index (χ3n) is 4.90. The number of likely N-dealkylation sites (tertiary alicyclic amines) is 3. The van der Waals surface area contributed by atoms with E-state index in [0.717, 1.165) is 58.5 Å². The molecule has 0 aliphatic carbocycles. The number of nitrogens with zero attached hydrogens (tertiary/aromatic N) is 3. The van der Waals surface area contributed by atoms with Gasteiger partial charge in [0, 0.05) is 38.3 Å². The van der Waals surface area contributed by atoms with Crippen LogP contribution in [0.15, 0.2) is 0 Å². The summed E-state index contributed by atoms with van der Waals surface area (Å²) in [6.45, 7) is 5.99. The van der Waals surface area contributed by atoms with Gasteiger partial charge in [-0.05, 0) is 45.2 Å². The minimum atomic E-state index is 0.272. The second-order valence-corrected chi connectivity index (χ2v) is 6.24. The van der Waals surface area contributed by atoms with Gasteiger partial charge in [-0.25, -0.2) is 4.79 Å². The van der Waals surface area contributed by atoms with Crippen molar-refractivity contribution in [2.24, 2.45) is 5.73 Å². The van der Waals surface area contributed by atoms with E-state index >= 15 is 0 Å². The molecule has 0 aromatic heterocycles. The maximum Gasteiger partial charge on any atom is 0.320 e. The van der Waals surface area contributed by atoms with Gasteiger partial charge in [0.25, 0.3) is 0 Å². The van der Waals surface area contributed by atoms with E-state index in [1.54, 1.807) is 0 Å². The summed E-state index contributed by atoms with van der Waals surface area (Å²) in [5.74, 6) is 0. The van der Waals surface area contributed by atoms with Crippen molar-refractivity contribution in [3.8, 4) is 0 Å². The van der Waals surface area contributed by atoms with Crippen molar-refractivity contribution in [1.82, 2.24) is 14.7 Å². The minimum absolute atomic E-state index is 0.272. The molecule has 108 valence electrons. The van der Waals surface area contributed by atoms with E-state index in [-0.39, 0.29) is 6.03 Å².